The summed E-state index contributed by atoms with van der Waals surface area (Å²) in [7, 11) is 0. The summed E-state index contributed by atoms with van der Waals surface area (Å²) in [5, 5.41) is 0. The minimum Gasteiger partial charge on any atom is -0.310 e. The summed E-state index contributed by atoms with van der Waals surface area (Å²) < 4.78 is 11.0. The van der Waals surface area contributed by atoms with Crippen molar-refractivity contribution in [2.75, 3.05) is 13.2 Å². The SMILES string of the molecule is c1ccc(SOCCCOSc2ccccc2)cc1. The van der Waals surface area contributed by atoms with Gasteiger partial charge in [-0.2, -0.15) is 0 Å². The van der Waals surface area contributed by atoms with E-state index in [9.17, 15) is 0 Å². The fourth-order valence-electron chi connectivity index (χ4n) is 1.35. The third-order valence-electron chi connectivity index (χ3n) is 2.25. The molecule has 0 unspecified atom stereocenters. The molecule has 2 aromatic rings. The normalized spacial score (nSPS) is 10.5. The van der Waals surface area contributed by atoms with Gasteiger partial charge in [-0.05, 0) is 30.7 Å². The molecular formula is C15H16O2S2. The van der Waals surface area contributed by atoms with Crippen LogP contribution in [0.3, 0.4) is 0 Å². The summed E-state index contributed by atoms with van der Waals surface area (Å²) in [6.07, 6.45) is 0.889. The molecule has 2 rings (SSSR count). The lowest BCUT2D eigenvalue weighted by molar-refractivity contribution is 0.295. The van der Waals surface area contributed by atoms with Crippen molar-refractivity contribution in [2.45, 2.75) is 16.2 Å². The molecule has 0 radical (unpaired) electrons. The summed E-state index contributed by atoms with van der Waals surface area (Å²) in [6, 6.07) is 20.2. The molecule has 0 aliphatic rings. The van der Waals surface area contributed by atoms with Crippen LogP contribution in [0.5, 0.6) is 0 Å². The summed E-state index contributed by atoms with van der Waals surface area (Å²) >= 11 is 2.82. The van der Waals surface area contributed by atoms with Gasteiger partial charge >= 0.3 is 0 Å². The Bertz CT molecular complexity index is 405. The molecule has 19 heavy (non-hydrogen) atoms. The maximum atomic E-state index is 5.50. The van der Waals surface area contributed by atoms with Crippen LogP contribution in [0, 0.1) is 0 Å². The molecule has 2 aromatic carbocycles. The van der Waals surface area contributed by atoms with Gasteiger partial charge in [0.1, 0.15) is 0 Å². The van der Waals surface area contributed by atoms with Crippen LogP contribution in [0.2, 0.25) is 0 Å². The maximum absolute atomic E-state index is 5.50. The maximum Gasteiger partial charge on any atom is 0.0640 e. The van der Waals surface area contributed by atoms with Gasteiger partial charge in [-0.15, -0.1) is 0 Å². The monoisotopic (exact) mass is 292 g/mol. The quantitative estimate of drug-likeness (QED) is 0.512. The van der Waals surface area contributed by atoms with E-state index >= 15 is 0 Å². The third-order valence-corrected chi connectivity index (χ3v) is 3.75. The van der Waals surface area contributed by atoms with E-state index in [0.717, 1.165) is 16.2 Å². The molecule has 0 fully saturated rings. The summed E-state index contributed by atoms with van der Waals surface area (Å²) in [6.45, 7) is 1.38. The Morgan fingerprint density at radius 2 is 1.05 bits per heavy atom. The molecule has 0 saturated carbocycles. The zero-order valence-electron chi connectivity index (χ0n) is 10.5. The first-order valence-electron chi connectivity index (χ1n) is 6.14. The van der Waals surface area contributed by atoms with Crippen molar-refractivity contribution in [3.8, 4) is 0 Å². The van der Waals surface area contributed by atoms with E-state index in [1.54, 1.807) is 0 Å². The van der Waals surface area contributed by atoms with Crippen molar-refractivity contribution >= 4 is 24.1 Å². The second-order valence-corrected chi connectivity index (χ2v) is 5.54. The Labute approximate surface area is 122 Å². The largest absolute Gasteiger partial charge is 0.310 e. The second kappa shape index (κ2) is 9.04. The van der Waals surface area contributed by atoms with Gasteiger partial charge in [0.15, 0.2) is 0 Å². The summed E-state index contributed by atoms with van der Waals surface area (Å²) in [4.78, 5) is 2.25. The average Bonchev–Trinajstić information content (AvgIpc) is 2.48. The van der Waals surface area contributed by atoms with Gasteiger partial charge in [-0.25, -0.2) is 0 Å². The van der Waals surface area contributed by atoms with Gasteiger partial charge in [0, 0.05) is 33.9 Å². The third kappa shape index (κ3) is 6.16. The molecule has 0 heterocycles. The van der Waals surface area contributed by atoms with E-state index in [2.05, 4.69) is 0 Å². The van der Waals surface area contributed by atoms with Gasteiger partial charge in [0.2, 0.25) is 0 Å². The molecule has 0 aromatic heterocycles. The number of hydrogen-bond acceptors (Lipinski definition) is 4. The molecule has 0 spiro atoms. The fourth-order valence-corrected chi connectivity index (χ4v) is 2.56. The Kier molecular flexibility index (Phi) is 6.89. The van der Waals surface area contributed by atoms with Crippen molar-refractivity contribution in [1.82, 2.24) is 0 Å². The smallest absolute Gasteiger partial charge is 0.0640 e. The second-order valence-electron chi connectivity index (χ2n) is 3.79. The highest BCUT2D eigenvalue weighted by Crippen LogP contribution is 2.20. The summed E-state index contributed by atoms with van der Waals surface area (Å²) in [5.41, 5.74) is 0. The zero-order valence-corrected chi connectivity index (χ0v) is 12.2. The average molecular weight is 292 g/mol. The molecule has 0 saturated heterocycles. The minimum atomic E-state index is 0.689. The van der Waals surface area contributed by atoms with Gasteiger partial charge in [0.25, 0.3) is 0 Å². The Morgan fingerprint density at radius 1 is 0.632 bits per heavy atom. The van der Waals surface area contributed by atoms with Crippen molar-refractivity contribution < 1.29 is 8.37 Å². The highest BCUT2D eigenvalue weighted by atomic mass is 32.2. The van der Waals surface area contributed by atoms with Gasteiger partial charge in [-0.3, -0.25) is 0 Å². The molecule has 0 bridgehead atoms. The number of rotatable bonds is 8. The predicted molar refractivity (Wildman–Crippen MR) is 81.1 cm³/mol. The molecular weight excluding hydrogens is 276 g/mol. The molecule has 0 N–H and O–H groups in total. The van der Waals surface area contributed by atoms with Crippen LogP contribution in [0.1, 0.15) is 6.42 Å². The fraction of sp³-hybridized carbons (Fsp3) is 0.200. The van der Waals surface area contributed by atoms with E-state index < -0.39 is 0 Å². The van der Waals surface area contributed by atoms with Crippen molar-refractivity contribution in [1.29, 1.82) is 0 Å². The standard InChI is InChI=1S/C15H16O2S2/c1-3-8-14(9-4-1)18-16-12-7-13-17-19-15-10-5-2-6-11-15/h1-6,8-11H,7,12-13H2. The van der Waals surface area contributed by atoms with Crippen molar-refractivity contribution in [3.63, 3.8) is 0 Å². The van der Waals surface area contributed by atoms with E-state index in [1.807, 2.05) is 60.7 Å². The molecule has 0 aliphatic heterocycles. The predicted octanol–water partition coefficient (Wildman–Crippen LogP) is 4.82. The van der Waals surface area contributed by atoms with Crippen LogP contribution in [0.4, 0.5) is 0 Å². The Balaban J connectivity index is 1.49. The van der Waals surface area contributed by atoms with Crippen molar-refractivity contribution in [2.24, 2.45) is 0 Å². The molecule has 4 heteroatoms. The number of hydrogen-bond donors (Lipinski definition) is 0. The molecule has 0 atom stereocenters. The van der Waals surface area contributed by atoms with Crippen molar-refractivity contribution in [3.05, 3.63) is 60.7 Å². The van der Waals surface area contributed by atoms with Gasteiger partial charge < -0.3 is 8.37 Å². The van der Waals surface area contributed by atoms with Crippen LogP contribution in [-0.2, 0) is 8.37 Å². The number of benzene rings is 2. The summed E-state index contributed by atoms with van der Waals surface area (Å²) in [5.74, 6) is 0. The lowest BCUT2D eigenvalue weighted by atomic mass is 10.4. The van der Waals surface area contributed by atoms with Gasteiger partial charge in [0.05, 0.1) is 13.2 Å². The molecule has 0 aliphatic carbocycles. The van der Waals surface area contributed by atoms with Crippen LogP contribution in [0.25, 0.3) is 0 Å². The van der Waals surface area contributed by atoms with Crippen LogP contribution >= 0.6 is 24.1 Å². The van der Waals surface area contributed by atoms with Crippen LogP contribution in [-0.4, -0.2) is 13.2 Å². The highest BCUT2D eigenvalue weighted by Gasteiger charge is 1.96. The Hall–Kier alpha value is -0.940. The lowest BCUT2D eigenvalue weighted by Crippen LogP contribution is -1.93. The van der Waals surface area contributed by atoms with E-state index in [4.69, 9.17) is 8.37 Å². The zero-order chi connectivity index (χ0) is 13.2. The van der Waals surface area contributed by atoms with Gasteiger partial charge in [-0.1, -0.05) is 36.4 Å². The first-order chi connectivity index (χ1) is 9.45. The van der Waals surface area contributed by atoms with E-state index in [-0.39, 0.29) is 0 Å². The minimum absolute atomic E-state index is 0.689. The van der Waals surface area contributed by atoms with Crippen LogP contribution in [0.15, 0.2) is 70.5 Å². The highest BCUT2D eigenvalue weighted by molar-refractivity contribution is 7.95. The first kappa shape index (κ1) is 14.5. The van der Waals surface area contributed by atoms with E-state index in [0.29, 0.717) is 13.2 Å². The molecule has 2 nitrogen and oxygen atoms in total. The van der Waals surface area contributed by atoms with Crippen LogP contribution < -0.4 is 0 Å². The molecule has 0 amide bonds. The Morgan fingerprint density at radius 3 is 1.47 bits per heavy atom. The first-order valence-corrected chi connectivity index (χ1v) is 7.62. The topological polar surface area (TPSA) is 18.5 Å². The lowest BCUT2D eigenvalue weighted by Gasteiger charge is -2.03. The van der Waals surface area contributed by atoms with E-state index in [1.165, 1.54) is 24.1 Å². The molecule has 100 valence electrons.